The fraction of sp³-hybridized carbons (Fsp3) is 0.250. The predicted octanol–water partition coefficient (Wildman–Crippen LogP) is 4.13. The molecule has 2 rings (SSSR count). The summed E-state index contributed by atoms with van der Waals surface area (Å²) in [5.74, 6) is -0.591. The fourth-order valence-corrected chi connectivity index (χ4v) is 1.94. The Bertz CT molecular complexity index is 535. The van der Waals surface area contributed by atoms with E-state index in [4.69, 9.17) is 0 Å². The summed E-state index contributed by atoms with van der Waals surface area (Å²) in [6, 6.07) is 11.0. The van der Waals surface area contributed by atoms with Gasteiger partial charge in [0.15, 0.2) is 0 Å². The van der Waals surface area contributed by atoms with E-state index in [1.165, 1.54) is 18.2 Å². The Hall–Kier alpha value is -1.74. The van der Waals surface area contributed by atoms with Gasteiger partial charge in [0.1, 0.15) is 11.6 Å². The largest absolute Gasteiger partial charge is 0.313 e. The Kier molecular flexibility index (Phi) is 4.63. The predicted molar refractivity (Wildman–Crippen MR) is 73.8 cm³/mol. The molecular weight excluding hydrogens is 244 g/mol. The lowest BCUT2D eigenvalue weighted by Gasteiger charge is -2.07. The zero-order chi connectivity index (χ0) is 13.7. The third kappa shape index (κ3) is 3.61. The zero-order valence-electron chi connectivity index (χ0n) is 10.9. The quantitative estimate of drug-likeness (QED) is 0.798. The number of nitrogens with one attached hydrogen (secondary N) is 1. The number of hydrogen-bond acceptors (Lipinski definition) is 1. The van der Waals surface area contributed by atoms with E-state index in [2.05, 4.69) is 12.2 Å². The molecule has 0 aliphatic rings. The van der Waals surface area contributed by atoms with E-state index in [0.29, 0.717) is 17.7 Å². The zero-order valence-corrected chi connectivity index (χ0v) is 10.9. The van der Waals surface area contributed by atoms with E-state index in [1.807, 2.05) is 6.07 Å². The van der Waals surface area contributed by atoms with Crippen molar-refractivity contribution in [3.8, 4) is 11.1 Å². The molecule has 0 aliphatic carbocycles. The third-order valence-electron chi connectivity index (χ3n) is 2.94. The van der Waals surface area contributed by atoms with Gasteiger partial charge in [-0.2, -0.15) is 0 Å². The maximum atomic E-state index is 14.0. The van der Waals surface area contributed by atoms with Crippen LogP contribution < -0.4 is 5.32 Å². The highest BCUT2D eigenvalue weighted by atomic mass is 19.1. The number of hydrogen-bond donors (Lipinski definition) is 1. The van der Waals surface area contributed by atoms with Gasteiger partial charge in [-0.1, -0.05) is 31.2 Å². The van der Waals surface area contributed by atoms with Crippen molar-refractivity contribution in [2.45, 2.75) is 19.9 Å². The van der Waals surface area contributed by atoms with Gasteiger partial charge in [-0.15, -0.1) is 0 Å². The molecule has 2 aromatic rings. The van der Waals surface area contributed by atoms with Crippen LogP contribution in [0.1, 0.15) is 18.9 Å². The third-order valence-corrected chi connectivity index (χ3v) is 2.94. The SMILES string of the molecule is CCCNCc1ccc(-c2ccc(F)cc2)c(F)c1. The van der Waals surface area contributed by atoms with Gasteiger partial charge < -0.3 is 5.32 Å². The Morgan fingerprint density at radius 1 is 1.00 bits per heavy atom. The summed E-state index contributed by atoms with van der Waals surface area (Å²) < 4.78 is 26.9. The van der Waals surface area contributed by atoms with Gasteiger partial charge in [0, 0.05) is 12.1 Å². The molecule has 0 unspecified atom stereocenters. The van der Waals surface area contributed by atoms with Crippen molar-refractivity contribution in [1.29, 1.82) is 0 Å². The van der Waals surface area contributed by atoms with Gasteiger partial charge in [0.05, 0.1) is 0 Å². The minimum absolute atomic E-state index is 0.276. The molecule has 0 saturated carbocycles. The van der Waals surface area contributed by atoms with Crippen LogP contribution in [0.2, 0.25) is 0 Å². The van der Waals surface area contributed by atoms with E-state index < -0.39 is 0 Å². The summed E-state index contributed by atoms with van der Waals surface area (Å²) in [5, 5.41) is 3.23. The molecule has 0 fully saturated rings. The minimum Gasteiger partial charge on any atom is -0.313 e. The Balaban J connectivity index is 2.17. The highest BCUT2D eigenvalue weighted by Gasteiger charge is 2.06. The summed E-state index contributed by atoms with van der Waals surface area (Å²) in [6.45, 7) is 3.67. The van der Waals surface area contributed by atoms with Crippen molar-refractivity contribution >= 4 is 0 Å². The number of benzene rings is 2. The maximum absolute atomic E-state index is 14.0. The van der Waals surface area contributed by atoms with Gasteiger partial charge >= 0.3 is 0 Å². The van der Waals surface area contributed by atoms with Crippen LogP contribution in [0.5, 0.6) is 0 Å². The summed E-state index contributed by atoms with van der Waals surface area (Å²) in [7, 11) is 0. The van der Waals surface area contributed by atoms with Gasteiger partial charge in [-0.25, -0.2) is 8.78 Å². The van der Waals surface area contributed by atoms with Gasteiger partial charge in [0.2, 0.25) is 0 Å². The molecule has 0 heterocycles. The average molecular weight is 261 g/mol. The normalized spacial score (nSPS) is 10.7. The summed E-state index contributed by atoms with van der Waals surface area (Å²) >= 11 is 0. The second kappa shape index (κ2) is 6.43. The molecule has 100 valence electrons. The van der Waals surface area contributed by atoms with Crippen molar-refractivity contribution in [3.63, 3.8) is 0 Å². The molecule has 1 nitrogen and oxygen atoms in total. The van der Waals surface area contributed by atoms with E-state index in [9.17, 15) is 8.78 Å². The topological polar surface area (TPSA) is 12.0 Å². The fourth-order valence-electron chi connectivity index (χ4n) is 1.94. The van der Waals surface area contributed by atoms with E-state index in [0.717, 1.165) is 18.5 Å². The molecular formula is C16H17F2N. The van der Waals surface area contributed by atoms with Gasteiger partial charge in [-0.3, -0.25) is 0 Å². The molecule has 0 spiro atoms. The Labute approximate surface area is 112 Å². The minimum atomic E-state index is -0.315. The lowest BCUT2D eigenvalue weighted by atomic mass is 10.0. The second-order valence-electron chi connectivity index (χ2n) is 4.50. The molecule has 0 aromatic heterocycles. The first-order valence-corrected chi connectivity index (χ1v) is 6.46. The average Bonchev–Trinajstić information content (AvgIpc) is 2.41. The van der Waals surface area contributed by atoms with Crippen LogP contribution in [-0.4, -0.2) is 6.54 Å². The van der Waals surface area contributed by atoms with E-state index >= 15 is 0 Å². The first kappa shape index (κ1) is 13.7. The van der Waals surface area contributed by atoms with E-state index in [-0.39, 0.29) is 11.6 Å². The highest BCUT2D eigenvalue weighted by Crippen LogP contribution is 2.23. The smallest absolute Gasteiger partial charge is 0.131 e. The maximum Gasteiger partial charge on any atom is 0.131 e. The van der Waals surface area contributed by atoms with Crippen molar-refractivity contribution in [2.24, 2.45) is 0 Å². The molecule has 0 amide bonds. The summed E-state index contributed by atoms with van der Waals surface area (Å²) in [4.78, 5) is 0. The van der Waals surface area contributed by atoms with Crippen molar-refractivity contribution in [1.82, 2.24) is 5.32 Å². The Morgan fingerprint density at radius 2 is 1.74 bits per heavy atom. The van der Waals surface area contributed by atoms with Crippen LogP contribution in [0.3, 0.4) is 0 Å². The molecule has 0 bridgehead atoms. The number of rotatable bonds is 5. The van der Waals surface area contributed by atoms with Crippen LogP contribution in [-0.2, 0) is 6.54 Å². The molecule has 0 atom stereocenters. The molecule has 0 aliphatic heterocycles. The standard InChI is InChI=1S/C16H17F2N/c1-2-9-19-11-12-3-8-15(16(18)10-12)13-4-6-14(17)7-5-13/h3-8,10,19H,2,9,11H2,1H3. The molecule has 0 radical (unpaired) electrons. The first-order chi connectivity index (χ1) is 9.20. The lowest BCUT2D eigenvalue weighted by molar-refractivity contribution is 0.621. The number of halogens is 2. The summed E-state index contributed by atoms with van der Waals surface area (Å²) in [5.41, 5.74) is 2.10. The van der Waals surface area contributed by atoms with Crippen LogP contribution in [0.15, 0.2) is 42.5 Å². The molecule has 1 N–H and O–H groups in total. The van der Waals surface area contributed by atoms with Crippen molar-refractivity contribution in [3.05, 3.63) is 59.7 Å². The molecule has 2 aromatic carbocycles. The molecule has 3 heteroatoms. The second-order valence-corrected chi connectivity index (χ2v) is 4.50. The first-order valence-electron chi connectivity index (χ1n) is 6.46. The van der Waals surface area contributed by atoms with Crippen LogP contribution in [0.4, 0.5) is 8.78 Å². The van der Waals surface area contributed by atoms with Gasteiger partial charge in [0.25, 0.3) is 0 Å². The molecule has 19 heavy (non-hydrogen) atoms. The molecule has 0 saturated heterocycles. The highest BCUT2D eigenvalue weighted by molar-refractivity contribution is 5.64. The Morgan fingerprint density at radius 3 is 2.37 bits per heavy atom. The van der Waals surface area contributed by atoms with Crippen LogP contribution in [0.25, 0.3) is 11.1 Å². The van der Waals surface area contributed by atoms with Gasteiger partial charge in [-0.05, 0) is 42.3 Å². The van der Waals surface area contributed by atoms with Crippen LogP contribution >= 0.6 is 0 Å². The lowest BCUT2D eigenvalue weighted by Crippen LogP contribution is -2.13. The van der Waals surface area contributed by atoms with Crippen molar-refractivity contribution < 1.29 is 8.78 Å². The summed E-state index contributed by atoms with van der Waals surface area (Å²) in [6.07, 6.45) is 1.05. The van der Waals surface area contributed by atoms with Crippen LogP contribution in [0, 0.1) is 11.6 Å². The van der Waals surface area contributed by atoms with Crippen molar-refractivity contribution in [2.75, 3.05) is 6.54 Å². The monoisotopic (exact) mass is 261 g/mol. The van der Waals surface area contributed by atoms with E-state index in [1.54, 1.807) is 18.2 Å².